The fourth-order valence-corrected chi connectivity index (χ4v) is 2.50. The molecule has 3 nitrogen and oxygen atoms in total. The molecular weight excluding hydrogens is 222 g/mol. The molecule has 1 aliphatic carbocycles. The van der Waals surface area contributed by atoms with E-state index < -0.39 is 0 Å². The average Bonchev–Trinajstić information content (AvgIpc) is 2.83. The van der Waals surface area contributed by atoms with Crippen LogP contribution in [0.3, 0.4) is 0 Å². The van der Waals surface area contributed by atoms with E-state index in [1.54, 1.807) is 10.9 Å². The van der Waals surface area contributed by atoms with E-state index in [1.807, 2.05) is 12.4 Å². The summed E-state index contributed by atoms with van der Waals surface area (Å²) < 4.78 is 1.73. The molecule has 3 rings (SSSR count). The van der Waals surface area contributed by atoms with Crippen molar-refractivity contribution in [3.05, 3.63) is 59.9 Å². The number of rotatable bonds is 5. The van der Waals surface area contributed by atoms with Gasteiger partial charge in [-0.25, -0.2) is 4.68 Å². The molecule has 0 radical (unpaired) electrons. The van der Waals surface area contributed by atoms with Crippen molar-refractivity contribution in [2.24, 2.45) is 0 Å². The molecule has 3 heteroatoms. The maximum atomic E-state index is 4.16. The van der Waals surface area contributed by atoms with Crippen LogP contribution in [0.1, 0.15) is 22.6 Å². The van der Waals surface area contributed by atoms with Gasteiger partial charge in [0.05, 0.1) is 6.20 Å². The molecule has 0 saturated heterocycles. The quantitative estimate of drug-likeness (QED) is 0.868. The third-order valence-corrected chi connectivity index (χ3v) is 3.52. The standard InChI is InChI=1S/C15H17N3/c1-2-18-11-12(9-17-18)8-16-10-14-7-13-5-3-4-6-15(13)14/h2-6,9,11,14,16H,1,7-8,10H2. The summed E-state index contributed by atoms with van der Waals surface area (Å²) in [5.41, 5.74) is 4.21. The van der Waals surface area contributed by atoms with Crippen LogP contribution >= 0.6 is 0 Å². The Morgan fingerprint density at radius 1 is 1.44 bits per heavy atom. The van der Waals surface area contributed by atoms with Crippen molar-refractivity contribution < 1.29 is 0 Å². The van der Waals surface area contributed by atoms with Gasteiger partial charge in [-0.2, -0.15) is 5.10 Å². The minimum Gasteiger partial charge on any atom is -0.312 e. The van der Waals surface area contributed by atoms with Crippen LogP contribution in [-0.2, 0) is 13.0 Å². The molecule has 0 bridgehead atoms. The Morgan fingerprint density at radius 3 is 3.11 bits per heavy atom. The van der Waals surface area contributed by atoms with E-state index in [1.165, 1.54) is 23.1 Å². The second-order valence-corrected chi connectivity index (χ2v) is 4.74. The van der Waals surface area contributed by atoms with Gasteiger partial charge < -0.3 is 5.32 Å². The van der Waals surface area contributed by atoms with Gasteiger partial charge in [0.15, 0.2) is 0 Å². The Kier molecular flexibility index (Phi) is 2.99. The maximum absolute atomic E-state index is 4.16. The summed E-state index contributed by atoms with van der Waals surface area (Å²) in [5, 5.41) is 7.66. The average molecular weight is 239 g/mol. The SMILES string of the molecule is C=Cn1cc(CNCC2Cc3ccccc32)cn1. The lowest BCUT2D eigenvalue weighted by atomic mass is 9.77. The van der Waals surface area contributed by atoms with Gasteiger partial charge in [-0.3, -0.25) is 0 Å². The summed E-state index contributed by atoms with van der Waals surface area (Å²) in [6, 6.07) is 8.70. The molecule has 1 N–H and O–H groups in total. The van der Waals surface area contributed by atoms with Crippen LogP contribution in [0.4, 0.5) is 0 Å². The highest BCUT2D eigenvalue weighted by Crippen LogP contribution is 2.33. The van der Waals surface area contributed by atoms with E-state index in [-0.39, 0.29) is 0 Å². The van der Waals surface area contributed by atoms with Crippen molar-refractivity contribution in [3.8, 4) is 0 Å². The van der Waals surface area contributed by atoms with Crippen LogP contribution in [0.15, 0.2) is 43.2 Å². The summed E-state index contributed by atoms with van der Waals surface area (Å²) in [5.74, 6) is 0.677. The van der Waals surface area contributed by atoms with Crippen LogP contribution in [0.2, 0.25) is 0 Å². The lowest BCUT2D eigenvalue weighted by molar-refractivity contribution is 0.536. The first-order chi connectivity index (χ1) is 8.86. The lowest BCUT2D eigenvalue weighted by Crippen LogP contribution is -2.28. The minimum atomic E-state index is 0.677. The molecule has 1 unspecified atom stereocenters. The number of hydrogen-bond donors (Lipinski definition) is 1. The summed E-state index contributed by atoms with van der Waals surface area (Å²) >= 11 is 0. The van der Waals surface area contributed by atoms with Crippen LogP contribution in [0.25, 0.3) is 6.20 Å². The molecule has 1 heterocycles. The molecular formula is C15H17N3. The predicted octanol–water partition coefficient (Wildman–Crippen LogP) is 2.41. The molecule has 0 saturated carbocycles. The van der Waals surface area contributed by atoms with E-state index in [2.05, 4.69) is 41.3 Å². The number of hydrogen-bond acceptors (Lipinski definition) is 2. The molecule has 0 aliphatic heterocycles. The zero-order valence-electron chi connectivity index (χ0n) is 10.3. The molecule has 1 aliphatic rings. The van der Waals surface area contributed by atoms with Gasteiger partial charge in [0.2, 0.25) is 0 Å². The third-order valence-electron chi connectivity index (χ3n) is 3.52. The number of fused-ring (bicyclic) bond motifs is 1. The zero-order chi connectivity index (χ0) is 12.4. The Hall–Kier alpha value is -1.87. The summed E-state index contributed by atoms with van der Waals surface area (Å²) in [6.45, 7) is 5.59. The molecule has 18 heavy (non-hydrogen) atoms. The van der Waals surface area contributed by atoms with Crippen molar-refractivity contribution in [2.45, 2.75) is 18.9 Å². The molecule has 1 aromatic carbocycles. The largest absolute Gasteiger partial charge is 0.312 e. The Balaban J connectivity index is 1.50. The summed E-state index contributed by atoms with van der Waals surface area (Å²) in [7, 11) is 0. The van der Waals surface area contributed by atoms with Gasteiger partial charge in [0.1, 0.15) is 0 Å². The number of benzene rings is 1. The second-order valence-electron chi connectivity index (χ2n) is 4.74. The Bertz CT molecular complexity index is 556. The van der Waals surface area contributed by atoms with Crippen LogP contribution < -0.4 is 5.32 Å². The topological polar surface area (TPSA) is 29.9 Å². The normalized spacial score (nSPS) is 17.0. The van der Waals surface area contributed by atoms with Gasteiger partial charge >= 0.3 is 0 Å². The van der Waals surface area contributed by atoms with Crippen LogP contribution in [-0.4, -0.2) is 16.3 Å². The lowest BCUT2D eigenvalue weighted by Gasteiger charge is -2.30. The molecule has 1 atom stereocenters. The van der Waals surface area contributed by atoms with Gasteiger partial charge in [-0.05, 0) is 17.5 Å². The van der Waals surface area contributed by atoms with Gasteiger partial charge in [-0.15, -0.1) is 0 Å². The van der Waals surface area contributed by atoms with Crippen LogP contribution in [0.5, 0.6) is 0 Å². The van der Waals surface area contributed by atoms with Crippen molar-refractivity contribution in [1.29, 1.82) is 0 Å². The first-order valence-corrected chi connectivity index (χ1v) is 6.31. The van der Waals surface area contributed by atoms with Crippen molar-refractivity contribution in [2.75, 3.05) is 6.54 Å². The van der Waals surface area contributed by atoms with E-state index in [0.29, 0.717) is 5.92 Å². The number of nitrogens with zero attached hydrogens (tertiary/aromatic N) is 2. The van der Waals surface area contributed by atoms with E-state index in [9.17, 15) is 0 Å². The van der Waals surface area contributed by atoms with Gasteiger partial charge in [-0.1, -0.05) is 30.8 Å². The van der Waals surface area contributed by atoms with E-state index in [0.717, 1.165) is 13.1 Å². The smallest absolute Gasteiger partial charge is 0.0538 e. The van der Waals surface area contributed by atoms with Crippen LogP contribution in [0, 0.1) is 0 Å². The second kappa shape index (κ2) is 4.78. The first-order valence-electron chi connectivity index (χ1n) is 6.31. The summed E-state index contributed by atoms with van der Waals surface area (Å²) in [4.78, 5) is 0. The van der Waals surface area contributed by atoms with E-state index in [4.69, 9.17) is 0 Å². The highest BCUT2D eigenvalue weighted by atomic mass is 15.2. The number of nitrogens with one attached hydrogen (secondary N) is 1. The molecule has 0 fully saturated rings. The molecule has 1 aromatic heterocycles. The number of aromatic nitrogens is 2. The Morgan fingerprint density at radius 2 is 2.33 bits per heavy atom. The zero-order valence-corrected chi connectivity index (χ0v) is 10.3. The molecule has 92 valence electrons. The monoisotopic (exact) mass is 239 g/mol. The van der Waals surface area contributed by atoms with Crippen molar-refractivity contribution in [3.63, 3.8) is 0 Å². The maximum Gasteiger partial charge on any atom is 0.0538 e. The highest BCUT2D eigenvalue weighted by Gasteiger charge is 2.24. The predicted molar refractivity (Wildman–Crippen MR) is 73.2 cm³/mol. The van der Waals surface area contributed by atoms with Crippen molar-refractivity contribution >= 4 is 6.20 Å². The van der Waals surface area contributed by atoms with Gasteiger partial charge in [0.25, 0.3) is 0 Å². The summed E-state index contributed by atoms with van der Waals surface area (Å²) in [6.07, 6.45) is 6.78. The fraction of sp³-hybridized carbons (Fsp3) is 0.267. The molecule has 0 spiro atoms. The van der Waals surface area contributed by atoms with Crippen molar-refractivity contribution in [1.82, 2.24) is 15.1 Å². The molecule has 2 aromatic rings. The third kappa shape index (κ3) is 2.09. The first kappa shape index (κ1) is 11.2. The Labute approximate surface area is 107 Å². The minimum absolute atomic E-state index is 0.677. The van der Waals surface area contributed by atoms with E-state index >= 15 is 0 Å². The highest BCUT2D eigenvalue weighted by molar-refractivity contribution is 5.40. The van der Waals surface area contributed by atoms with Gasteiger partial charge in [0, 0.05) is 37.0 Å². The fourth-order valence-electron chi connectivity index (χ4n) is 2.50. The molecule has 0 amide bonds.